The molecule has 1 N–H and O–H groups in total. The summed E-state index contributed by atoms with van der Waals surface area (Å²) in [5.41, 5.74) is -0.395. The van der Waals surface area contributed by atoms with Crippen molar-refractivity contribution in [2.75, 3.05) is 5.32 Å². The van der Waals surface area contributed by atoms with E-state index < -0.39 is 17.5 Å². The second-order valence-electron chi connectivity index (χ2n) is 6.16. The number of halogens is 2. The fourth-order valence-corrected chi connectivity index (χ4v) is 2.34. The third-order valence-corrected chi connectivity index (χ3v) is 3.43. The highest BCUT2D eigenvalue weighted by atomic mass is 19.1. The van der Waals surface area contributed by atoms with Crippen LogP contribution in [-0.2, 0) is 5.54 Å². The van der Waals surface area contributed by atoms with Crippen molar-refractivity contribution >= 4 is 22.8 Å². The number of carbonyl (C=O) groups is 1. The van der Waals surface area contributed by atoms with Crippen LogP contribution in [0.4, 0.5) is 14.7 Å². The maximum Gasteiger partial charge on any atom is 0.261 e. The van der Waals surface area contributed by atoms with Crippen LogP contribution in [0.1, 0.15) is 31.1 Å². The Hall–Kier alpha value is -2.70. The highest BCUT2D eigenvalue weighted by molar-refractivity contribution is 6.11. The first-order valence-corrected chi connectivity index (χ1v) is 6.99. The minimum atomic E-state index is -0.852. The Bertz CT molecular complexity index is 890. The SMILES string of the molecule is CC(C)(C)n1ccnc1NC(=O)c1coc2c(F)cc(F)cc12. The molecular formula is C16H15F2N3O2. The molecule has 0 aliphatic rings. The van der Waals surface area contributed by atoms with Crippen LogP contribution < -0.4 is 5.32 Å². The first-order chi connectivity index (χ1) is 10.8. The van der Waals surface area contributed by atoms with Gasteiger partial charge in [0.2, 0.25) is 5.95 Å². The van der Waals surface area contributed by atoms with E-state index in [0.29, 0.717) is 12.0 Å². The van der Waals surface area contributed by atoms with Gasteiger partial charge in [0, 0.05) is 29.4 Å². The summed E-state index contributed by atoms with van der Waals surface area (Å²) in [6, 6.07) is 1.77. The van der Waals surface area contributed by atoms with Gasteiger partial charge in [-0.3, -0.25) is 10.1 Å². The standard InChI is InChI=1S/C16H15F2N3O2/c1-16(2,3)21-5-4-19-15(21)20-14(22)11-8-23-13-10(11)6-9(17)7-12(13)18/h4-8H,1-3H3,(H,19,20,22). The van der Waals surface area contributed by atoms with Crippen molar-refractivity contribution in [1.29, 1.82) is 0 Å². The molecule has 2 aromatic heterocycles. The second kappa shape index (κ2) is 5.19. The zero-order chi connectivity index (χ0) is 16.8. The molecule has 7 heteroatoms. The van der Waals surface area contributed by atoms with Gasteiger partial charge in [-0.15, -0.1) is 0 Å². The molecule has 2 heterocycles. The van der Waals surface area contributed by atoms with Gasteiger partial charge in [0.25, 0.3) is 5.91 Å². The predicted molar refractivity (Wildman–Crippen MR) is 81.3 cm³/mol. The molecule has 0 aliphatic carbocycles. The monoisotopic (exact) mass is 319 g/mol. The maximum atomic E-state index is 13.6. The molecule has 23 heavy (non-hydrogen) atoms. The van der Waals surface area contributed by atoms with Gasteiger partial charge in [-0.05, 0) is 26.8 Å². The number of furan rings is 1. The van der Waals surface area contributed by atoms with E-state index in [9.17, 15) is 13.6 Å². The van der Waals surface area contributed by atoms with Crippen LogP contribution >= 0.6 is 0 Å². The summed E-state index contributed by atoms with van der Waals surface area (Å²) in [7, 11) is 0. The molecule has 1 aromatic carbocycles. The third-order valence-electron chi connectivity index (χ3n) is 3.43. The summed E-state index contributed by atoms with van der Waals surface area (Å²) in [5, 5.41) is 2.72. The number of anilines is 1. The van der Waals surface area contributed by atoms with E-state index in [2.05, 4.69) is 10.3 Å². The molecular weight excluding hydrogens is 304 g/mol. The van der Waals surface area contributed by atoms with Gasteiger partial charge in [-0.25, -0.2) is 13.8 Å². The van der Waals surface area contributed by atoms with E-state index in [1.165, 1.54) is 0 Å². The molecule has 0 saturated carbocycles. The lowest BCUT2D eigenvalue weighted by Crippen LogP contribution is -2.25. The number of nitrogens with zero attached hydrogens (tertiary/aromatic N) is 2. The Morgan fingerprint density at radius 2 is 2.04 bits per heavy atom. The van der Waals surface area contributed by atoms with Gasteiger partial charge in [-0.2, -0.15) is 0 Å². The van der Waals surface area contributed by atoms with E-state index in [0.717, 1.165) is 12.3 Å². The number of nitrogens with one attached hydrogen (secondary N) is 1. The average Bonchev–Trinajstić information content (AvgIpc) is 3.04. The molecule has 5 nitrogen and oxygen atoms in total. The highest BCUT2D eigenvalue weighted by Crippen LogP contribution is 2.26. The Morgan fingerprint density at radius 3 is 2.74 bits per heavy atom. The molecule has 0 atom stereocenters. The fraction of sp³-hybridized carbons (Fsp3) is 0.250. The fourth-order valence-electron chi connectivity index (χ4n) is 2.34. The minimum absolute atomic E-state index is 0.0434. The molecule has 0 unspecified atom stereocenters. The van der Waals surface area contributed by atoms with Crippen molar-refractivity contribution in [3.8, 4) is 0 Å². The van der Waals surface area contributed by atoms with Gasteiger partial charge >= 0.3 is 0 Å². The lowest BCUT2D eigenvalue weighted by atomic mass is 10.1. The lowest BCUT2D eigenvalue weighted by molar-refractivity contribution is 0.102. The summed E-state index contributed by atoms with van der Waals surface area (Å²) < 4.78 is 33.9. The predicted octanol–water partition coefficient (Wildman–Crippen LogP) is 3.91. The lowest BCUT2D eigenvalue weighted by Gasteiger charge is -2.23. The molecule has 0 aliphatic heterocycles. The zero-order valence-electron chi connectivity index (χ0n) is 12.9. The molecule has 3 rings (SSSR count). The number of hydrogen-bond acceptors (Lipinski definition) is 3. The Kier molecular flexibility index (Phi) is 3.43. The zero-order valence-corrected chi connectivity index (χ0v) is 12.9. The summed E-state index contributed by atoms with van der Waals surface area (Å²) in [5.74, 6) is -1.84. The number of aromatic nitrogens is 2. The van der Waals surface area contributed by atoms with Crippen LogP contribution in [0.25, 0.3) is 11.0 Å². The van der Waals surface area contributed by atoms with Crippen LogP contribution in [0.15, 0.2) is 35.2 Å². The number of rotatable bonds is 2. The molecule has 0 bridgehead atoms. The van der Waals surface area contributed by atoms with Crippen LogP contribution in [0.5, 0.6) is 0 Å². The quantitative estimate of drug-likeness (QED) is 0.779. The van der Waals surface area contributed by atoms with Gasteiger partial charge < -0.3 is 8.98 Å². The molecule has 0 radical (unpaired) electrons. The molecule has 0 saturated heterocycles. The Balaban J connectivity index is 1.98. The summed E-state index contributed by atoms with van der Waals surface area (Å²) >= 11 is 0. The van der Waals surface area contributed by atoms with Gasteiger partial charge in [0.05, 0.1) is 5.56 Å². The Labute approximate surface area is 130 Å². The number of carbonyl (C=O) groups excluding carboxylic acids is 1. The summed E-state index contributed by atoms with van der Waals surface area (Å²) in [6.45, 7) is 5.88. The molecule has 3 aromatic rings. The molecule has 0 fully saturated rings. The van der Waals surface area contributed by atoms with E-state index >= 15 is 0 Å². The minimum Gasteiger partial charge on any atom is -0.460 e. The van der Waals surface area contributed by atoms with Gasteiger partial charge in [0.15, 0.2) is 11.4 Å². The molecule has 120 valence electrons. The number of amides is 1. The maximum absolute atomic E-state index is 13.6. The largest absolute Gasteiger partial charge is 0.460 e. The smallest absolute Gasteiger partial charge is 0.261 e. The summed E-state index contributed by atoms with van der Waals surface area (Å²) in [6.07, 6.45) is 4.41. The van der Waals surface area contributed by atoms with Crippen LogP contribution in [-0.4, -0.2) is 15.5 Å². The van der Waals surface area contributed by atoms with E-state index in [1.807, 2.05) is 20.8 Å². The second-order valence-corrected chi connectivity index (χ2v) is 6.16. The number of fused-ring (bicyclic) bond motifs is 1. The van der Waals surface area contributed by atoms with Crippen molar-refractivity contribution in [1.82, 2.24) is 9.55 Å². The van der Waals surface area contributed by atoms with Crippen molar-refractivity contribution < 1.29 is 18.0 Å². The van der Waals surface area contributed by atoms with Crippen molar-refractivity contribution in [3.63, 3.8) is 0 Å². The van der Waals surface area contributed by atoms with Gasteiger partial charge in [0.1, 0.15) is 12.1 Å². The number of imidazole rings is 1. The van der Waals surface area contributed by atoms with Gasteiger partial charge in [-0.1, -0.05) is 0 Å². The highest BCUT2D eigenvalue weighted by Gasteiger charge is 2.21. The first kappa shape index (κ1) is 15.2. The normalized spacial score (nSPS) is 11.9. The van der Waals surface area contributed by atoms with Crippen LogP contribution in [0, 0.1) is 11.6 Å². The van der Waals surface area contributed by atoms with Crippen molar-refractivity contribution in [3.05, 3.63) is 48.0 Å². The number of benzene rings is 1. The van der Waals surface area contributed by atoms with E-state index in [1.54, 1.807) is 17.0 Å². The van der Waals surface area contributed by atoms with Crippen molar-refractivity contribution in [2.45, 2.75) is 26.3 Å². The van der Waals surface area contributed by atoms with E-state index in [-0.39, 0.29) is 22.1 Å². The van der Waals surface area contributed by atoms with E-state index in [4.69, 9.17) is 4.42 Å². The first-order valence-electron chi connectivity index (χ1n) is 6.99. The van der Waals surface area contributed by atoms with Crippen LogP contribution in [0.2, 0.25) is 0 Å². The average molecular weight is 319 g/mol. The summed E-state index contributed by atoms with van der Waals surface area (Å²) in [4.78, 5) is 16.5. The molecule has 0 spiro atoms. The number of hydrogen-bond donors (Lipinski definition) is 1. The molecule has 1 amide bonds. The topological polar surface area (TPSA) is 60.1 Å². The van der Waals surface area contributed by atoms with Crippen molar-refractivity contribution in [2.24, 2.45) is 0 Å². The Morgan fingerprint density at radius 1 is 1.30 bits per heavy atom. The third kappa shape index (κ3) is 2.69. The van der Waals surface area contributed by atoms with Crippen LogP contribution in [0.3, 0.4) is 0 Å².